The molecule has 1 amide bonds. The number of rotatable bonds is 3. The number of amides is 1. The first-order chi connectivity index (χ1) is 15.6. The molecule has 0 bridgehead atoms. The van der Waals surface area contributed by atoms with E-state index in [1.54, 1.807) is 27.8 Å². The van der Waals surface area contributed by atoms with E-state index in [1.807, 2.05) is 30.3 Å². The summed E-state index contributed by atoms with van der Waals surface area (Å²) in [5, 5.41) is 16.8. The van der Waals surface area contributed by atoms with E-state index in [2.05, 4.69) is 5.16 Å². The highest BCUT2D eigenvalue weighted by molar-refractivity contribution is 7.84. The lowest BCUT2D eigenvalue weighted by Crippen LogP contribution is -2.41. The SMILES string of the molecule is N/C(=N/O)c1cccc(-n2nc(C(=O)N3CCOCC3)c3c2-c2ccccc2S(=O)C3)c1. The Morgan fingerprint density at radius 1 is 1.16 bits per heavy atom. The van der Waals surface area contributed by atoms with Crippen LogP contribution in [0.4, 0.5) is 0 Å². The molecule has 2 aromatic carbocycles. The van der Waals surface area contributed by atoms with Crippen LogP contribution in [0.15, 0.2) is 58.6 Å². The number of carbonyl (C=O) groups excluding carboxylic acids is 1. The van der Waals surface area contributed by atoms with E-state index in [-0.39, 0.29) is 17.5 Å². The first-order valence-corrected chi connectivity index (χ1v) is 11.5. The Hall–Kier alpha value is -3.50. The van der Waals surface area contributed by atoms with Crippen molar-refractivity contribution in [1.82, 2.24) is 14.7 Å². The number of amidine groups is 1. The van der Waals surface area contributed by atoms with Gasteiger partial charge in [-0.1, -0.05) is 35.5 Å². The summed E-state index contributed by atoms with van der Waals surface area (Å²) in [5.74, 6) is -0.0243. The van der Waals surface area contributed by atoms with E-state index in [9.17, 15) is 9.00 Å². The summed E-state index contributed by atoms with van der Waals surface area (Å²) in [6.07, 6.45) is 0. The smallest absolute Gasteiger partial charge is 0.274 e. The minimum Gasteiger partial charge on any atom is -0.409 e. The third kappa shape index (κ3) is 3.37. The van der Waals surface area contributed by atoms with E-state index < -0.39 is 10.8 Å². The fourth-order valence-electron chi connectivity index (χ4n) is 4.06. The summed E-state index contributed by atoms with van der Waals surface area (Å²) >= 11 is 0. The predicted molar refractivity (Wildman–Crippen MR) is 118 cm³/mol. The minimum absolute atomic E-state index is 0.0287. The van der Waals surface area contributed by atoms with Crippen molar-refractivity contribution in [2.75, 3.05) is 26.3 Å². The molecule has 5 rings (SSSR count). The summed E-state index contributed by atoms with van der Waals surface area (Å²) in [7, 11) is -1.29. The van der Waals surface area contributed by atoms with Gasteiger partial charge in [0.05, 0.1) is 41.1 Å². The second kappa shape index (κ2) is 8.21. The van der Waals surface area contributed by atoms with Crippen LogP contribution >= 0.6 is 0 Å². The number of carbonyl (C=O) groups is 1. The number of oxime groups is 1. The van der Waals surface area contributed by atoms with E-state index >= 15 is 0 Å². The van der Waals surface area contributed by atoms with E-state index in [0.717, 1.165) is 11.3 Å². The molecule has 0 spiro atoms. The molecule has 1 aromatic heterocycles. The van der Waals surface area contributed by atoms with Gasteiger partial charge in [-0.2, -0.15) is 5.10 Å². The number of aromatic nitrogens is 2. The number of hydrogen-bond acceptors (Lipinski definition) is 6. The molecule has 1 saturated heterocycles. The maximum Gasteiger partial charge on any atom is 0.274 e. The molecule has 0 radical (unpaired) electrons. The highest BCUT2D eigenvalue weighted by Gasteiger charge is 2.34. The van der Waals surface area contributed by atoms with Crippen LogP contribution < -0.4 is 5.73 Å². The Morgan fingerprint density at radius 2 is 1.94 bits per heavy atom. The Kier molecular flexibility index (Phi) is 5.24. The predicted octanol–water partition coefficient (Wildman–Crippen LogP) is 1.73. The van der Waals surface area contributed by atoms with E-state index in [1.165, 1.54) is 0 Å². The highest BCUT2D eigenvalue weighted by Crippen LogP contribution is 2.39. The van der Waals surface area contributed by atoms with Gasteiger partial charge in [0.1, 0.15) is 0 Å². The van der Waals surface area contributed by atoms with Crippen molar-refractivity contribution in [1.29, 1.82) is 0 Å². The summed E-state index contributed by atoms with van der Waals surface area (Å²) in [4.78, 5) is 15.8. The molecule has 9 nitrogen and oxygen atoms in total. The number of ether oxygens (including phenoxy) is 1. The van der Waals surface area contributed by atoms with E-state index in [0.29, 0.717) is 53.7 Å². The molecule has 0 aliphatic carbocycles. The minimum atomic E-state index is -1.29. The van der Waals surface area contributed by atoms with Crippen molar-refractivity contribution in [3.63, 3.8) is 0 Å². The Morgan fingerprint density at radius 3 is 2.72 bits per heavy atom. The standard InChI is InChI=1S/C22H21N5O4S/c23-21(25-29)14-4-3-5-15(12-14)27-20-16-6-1-2-7-18(16)32(30)13-17(20)19(24-27)22(28)26-8-10-31-11-9-26/h1-7,12,29H,8-11,13H2,(H2,23,25). The number of hydrogen-bond donors (Lipinski definition) is 2. The molecule has 164 valence electrons. The van der Waals surface area contributed by atoms with Crippen LogP contribution in [0.5, 0.6) is 0 Å². The monoisotopic (exact) mass is 451 g/mol. The van der Waals surface area contributed by atoms with Gasteiger partial charge in [0.2, 0.25) is 0 Å². The summed E-state index contributed by atoms with van der Waals surface area (Å²) < 4.78 is 20.1. The lowest BCUT2D eigenvalue weighted by Gasteiger charge is -2.26. The van der Waals surface area contributed by atoms with Crippen LogP contribution in [-0.2, 0) is 21.3 Å². The molecule has 3 aromatic rings. The molecule has 2 aliphatic rings. The molecular weight excluding hydrogens is 430 g/mol. The van der Waals surface area contributed by atoms with Crippen LogP contribution in [0.2, 0.25) is 0 Å². The molecule has 3 heterocycles. The topological polar surface area (TPSA) is 123 Å². The van der Waals surface area contributed by atoms with Gasteiger partial charge in [0.15, 0.2) is 11.5 Å². The molecule has 2 aliphatic heterocycles. The van der Waals surface area contributed by atoms with Gasteiger partial charge < -0.3 is 20.6 Å². The zero-order valence-corrected chi connectivity index (χ0v) is 17.9. The number of morpholine rings is 1. The van der Waals surface area contributed by atoms with Crippen LogP contribution in [0.25, 0.3) is 16.9 Å². The van der Waals surface area contributed by atoms with Gasteiger partial charge in [0.25, 0.3) is 5.91 Å². The molecule has 0 saturated carbocycles. The van der Waals surface area contributed by atoms with Crippen LogP contribution in [0, 0.1) is 0 Å². The van der Waals surface area contributed by atoms with Crippen molar-refractivity contribution in [2.45, 2.75) is 10.6 Å². The molecular formula is C22H21N5O4S. The molecule has 1 atom stereocenters. The molecule has 3 N–H and O–H groups in total. The second-order valence-electron chi connectivity index (χ2n) is 7.51. The maximum atomic E-state index is 13.4. The normalized spacial score (nSPS) is 18.2. The lowest BCUT2D eigenvalue weighted by atomic mass is 10.0. The van der Waals surface area contributed by atoms with Crippen molar-refractivity contribution < 1.29 is 18.9 Å². The quantitative estimate of drug-likeness (QED) is 0.271. The molecule has 1 fully saturated rings. The van der Waals surface area contributed by atoms with Gasteiger partial charge in [-0.25, -0.2) is 4.68 Å². The van der Waals surface area contributed by atoms with E-state index in [4.69, 9.17) is 20.8 Å². The largest absolute Gasteiger partial charge is 0.409 e. The third-order valence-corrected chi connectivity index (χ3v) is 7.04. The van der Waals surface area contributed by atoms with Crippen LogP contribution in [-0.4, -0.2) is 62.1 Å². The van der Waals surface area contributed by atoms with Gasteiger partial charge in [0, 0.05) is 34.7 Å². The number of nitrogens with two attached hydrogens (primary N) is 1. The number of fused-ring (bicyclic) bond motifs is 3. The van der Waals surface area contributed by atoms with Crippen LogP contribution in [0.1, 0.15) is 21.6 Å². The highest BCUT2D eigenvalue weighted by atomic mass is 32.2. The summed E-state index contributed by atoms with van der Waals surface area (Å²) in [5.41, 5.74) is 9.40. The average molecular weight is 452 g/mol. The molecule has 32 heavy (non-hydrogen) atoms. The van der Waals surface area contributed by atoms with Crippen molar-refractivity contribution >= 4 is 22.5 Å². The lowest BCUT2D eigenvalue weighted by molar-refractivity contribution is 0.0298. The zero-order chi connectivity index (χ0) is 22.2. The summed E-state index contributed by atoms with van der Waals surface area (Å²) in [6.45, 7) is 1.93. The van der Waals surface area contributed by atoms with Crippen molar-refractivity contribution in [2.24, 2.45) is 10.9 Å². The second-order valence-corrected chi connectivity index (χ2v) is 8.93. The first-order valence-electron chi connectivity index (χ1n) is 10.1. The Bertz CT molecular complexity index is 1260. The Balaban J connectivity index is 1.72. The van der Waals surface area contributed by atoms with Crippen molar-refractivity contribution in [3.05, 3.63) is 65.4 Å². The third-order valence-electron chi connectivity index (χ3n) is 5.64. The summed E-state index contributed by atoms with van der Waals surface area (Å²) in [6, 6.07) is 14.5. The van der Waals surface area contributed by atoms with Crippen LogP contribution in [0.3, 0.4) is 0 Å². The molecule has 10 heteroatoms. The Labute approximate surface area is 186 Å². The maximum absolute atomic E-state index is 13.4. The fraction of sp³-hybridized carbons (Fsp3) is 0.227. The van der Waals surface area contributed by atoms with Gasteiger partial charge >= 0.3 is 0 Å². The van der Waals surface area contributed by atoms with Gasteiger partial charge in [-0.3, -0.25) is 9.00 Å². The average Bonchev–Trinajstić information content (AvgIpc) is 3.23. The van der Waals surface area contributed by atoms with Gasteiger partial charge in [-0.15, -0.1) is 0 Å². The first kappa shape index (κ1) is 20.4. The number of nitrogens with zero attached hydrogens (tertiary/aromatic N) is 4. The van der Waals surface area contributed by atoms with Crippen molar-refractivity contribution in [3.8, 4) is 16.9 Å². The fourth-order valence-corrected chi connectivity index (χ4v) is 5.39. The van der Waals surface area contributed by atoms with Gasteiger partial charge in [-0.05, 0) is 18.2 Å². The number of benzene rings is 2. The zero-order valence-electron chi connectivity index (χ0n) is 17.1. The molecule has 1 unspecified atom stereocenters.